The van der Waals surface area contributed by atoms with Crippen LogP contribution in [0, 0.1) is 10.1 Å². The van der Waals surface area contributed by atoms with Gasteiger partial charge in [-0.2, -0.15) is 5.10 Å². The molecule has 34 heavy (non-hydrogen) atoms. The summed E-state index contributed by atoms with van der Waals surface area (Å²) < 4.78 is 11.4. The predicted molar refractivity (Wildman–Crippen MR) is 133 cm³/mol. The van der Waals surface area contributed by atoms with Gasteiger partial charge in [0.1, 0.15) is 6.61 Å². The lowest BCUT2D eigenvalue weighted by Crippen LogP contribution is -2.09. The topological polar surface area (TPSA) is 77.2 Å². The zero-order valence-corrected chi connectivity index (χ0v) is 18.6. The Bertz CT molecular complexity index is 1220. The summed E-state index contributed by atoms with van der Waals surface area (Å²) in [6.45, 7) is 0.261. The number of para-hydroxylation sites is 2. The number of nitro benzene ring substituents is 1. The van der Waals surface area contributed by atoms with Gasteiger partial charge in [-0.15, -0.1) is 0 Å². The van der Waals surface area contributed by atoms with Crippen LogP contribution in [0.2, 0.25) is 0 Å². The van der Waals surface area contributed by atoms with Crippen LogP contribution in [0.4, 0.5) is 17.1 Å². The van der Waals surface area contributed by atoms with E-state index in [1.807, 2.05) is 83.9 Å². The van der Waals surface area contributed by atoms with E-state index in [4.69, 9.17) is 14.6 Å². The standard InChI is InChI=1S/C27H23N3O4/c1-33-27-18-22(14-17-26(27)34-20-21-12-15-25(16-13-21)30(31)32)19-28-29(23-8-4-2-5-9-23)24-10-6-3-7-11-24/h2-19H,20H2,1H3. The quantitative estimate of drug-likeness (QED) is 0.168. The van der Waals surface area contributed by atoms with Crippen LogP contribution in [-0.2, 0) is 6.61 Å². The molecule has 0 heterocycles. The summed E-state index contributed by atoms with van der Waals surface area (Å²) in [6, 6.07) is 31.7. The first-order chi connectivity index (χ1) is 16.6. The van der Waals surface area contributed by atoms with Crippen LogP contribution in [0.15, 0.2) is 108 Å². The highest BCUT2D eigenvalue weighted by molar-refractivity contribution is 5.83. The smallest absolute Gasteiger partial charge is 0.269 e. The molecule has 0 saturated heterocycles. The van der Waals surface area contributed by atoms with E-state index in [2.05, 4.69) is 0 Å². The Morgan fingerprint density at radius 2 is 1.47 bits per heavy atom. The van der Waals surface area contributed by atoms with Crippen molar-refractivity contribution in [3.05, 3.63) is 124 Å². The molecule has 0 N–H and O–H groups in total. The van der Waals surface area contributed by atoms with Crippen molar-refractivity contribution in [2.45, 2.75) is 6.61 Å². The molecule has 7 nitrogen and oxygen atoms in total. The summed E-state index contributed by atoms with van der Waals surface area (Å²) in [4.78, 5) is 10.4. The molecule has 0 bridgehead atoms. The Morgan fingerprint density at radius 1 is 0.853 bits per heavy atom. The number of rotatable bonds is 9. The average Bonchev–Trinajstić information content (AvgIpc) is 2.89. The van der Waals surface area contributed by atoms with Crippen molar-refractivity contribution in [2.75, 3.05) is 12.1 Å². The van der Waals surface area contributed by atoms with Crippen molar-refractivity contribution in [1.82, 2.24) is 0 Å². The minimum absolute atomic E-state index is 0.0463. The third-order valence-corrected chi connectivity index (χ3v) is 5.05. The fraction of sp³-hybridized carbons (Fsp3) is 0.0741. The summed E-state index contributed by atoms with van der Waals surface area (Å²) in [7, 11) is 1.58. The molecule has 7 heteroatoms. The van der Waals surface area contributed by atoms with E-state index >= 15 is 0 Å². The molecule has 0 fully saturated rings. The molecule has 0 saturated carbocycles. The fourth-order valence-electron chi connectivity index (χ4n) is 3.30. The molecule has 0 aliphatic carbocycles. The number of methoxy groups -OCH3 is 1. The molecule has 0 radical (unpaired) electrons. The molecule has 170 valence electrons. The number of hydrogen-bond donors (Lipinski definition) is 0. The normalized spacial score (nSPS) is 10.7. The van der Waals surface area contributed by atoms with Crippen molar-refractivity contribution >= 4 is 23.3 Å². The highest BCUT2D eigenvalue weighted by Crippen LogP contribution is 2.29. The highest BCUT2D eigenvalue weighted by Gasteiger charge is 2.09. The number of ether oxygens (including phenoxy) is 2. The lowest BCUT2D eigenvalue weighted by molar-refractivity contribution is -0.384. The number of hydrazone groups is 1. The van der Waals surface area contributed by atoms with Gasteiger partial charge in [0, 0.05) is 12.1 Å². The minimum atomic E-state index is -0.426. The number of hydrogen-bond acceptors (Lipinski definition) is 6. The molecule has 4 aromatic rings. The van der Waals surface area contributed by atoms with E-state index < -0.39 is 4.92 Å². The number of nitrogens with zero attached hydrogens (tertiary/aromatic N) is 3. The first kappa shape index (κ1) is 22.5. The molecule has 0 atom stereocenters. The van der Waals surface area contributed by atoms with E-state index in [1.54, 1.807) is 25.5 Å². The van der Waals surface area contributed by atoms with Crippen molar-refractivity contribution in [1.29, 1.82) is 0 Å². The Hall–Kier alpha value is -4.65. The van der Waals surface area contributed by atoms with Crippen molar-refractivity contribution in [3.63, 3.8) is 0 Å². The van der Waals surface area contributed by atoms with Gasteiger partial charge in [0.25, 0.3) is 5.69 Å². The highest BCUT2D eigenvalue weighted by atomic mass is 16.6. The molecule has 4 rings (SSSR count). The summed E-state index contributed by atoms with van der Waals surface area (Å²) in [6.07, 6.45) is 1.77. The Labute approximate surface area is 197 Å². The Balaban J connectivity index is 1.51. The van der Waals surface area contributed by atoms with E-state index in [-0.39, 0.29) is 12.3 Å². The van der Waals surface area contributed by atoms with Crippen molar-refractivity contribution in [3.8, 4) is 11.5 Å². The fourth-order valence-corrected chi connectivity index (χ4v) is 3.30. The summed E-state index contributed by atoms with van der Waals surface area (Å²) in [5.41, 5.74) is 3.60. The molecule has 4 aromatic carbocycles. The molecule has 0 aliphatic rings. The second-order valence-electron chi connectivity index (χ2n) is 7.35. The number of non-ortho nitro benzene ring substituents is 1. The molecule has 0 spiro atoms. The third-order valence-electron chi connectivity index (χ3n) is 5.05. The number of nitro groups is 1. The zero-order valence-electron chi connectivity index (χ0n) is 18.6. The second kappa shape index (κ2) is 10.8. The van der Waals surface area contributed by atoms with E-state index in [1.165, 1.54) is 12.1 Å². The van der Waals surface area contributed by atoms with Gasteiger partial charge in [-0.1, -0.05) is 36.4 Å². The van der Waals surface area contributed by atoms with Gasteiger partial charge in [0.05, 0.1) is 29.6 Å². The Kier molecular flexibility index (Phi) is 7.15. The molecule has 0 aliphatic heterocycles. The summed E-state index contributed by atoms with van der Waals surface area (Å²) in [5.74, 6) is 1.14. The molecule has 0 aromatic heterocycles. The van der Waals surface area contributed by atoms with Gasteiger partial charge in [-0.25, -0.2) is 5.01 Å². The van der Waals surface area contributed by atoms with Gasteiger partial charge < -0.3 is 9.47 Å². The molecular formula is C27H23N3O4. The van der Waals surface area contributed by atoms with Gasteiger partial charge in [-0.3, -0.25) is 10.1 Å². The maximum atomic E-state index is 10.8. The summed E-state index contributed by atoms with van der Waals surface area (Å²) >= 11 is 0. The SMILES string of the molecule is COc1cc(C=NN(c2ccccc2)c2ccccc2)ccc1OCc1ccc([N+](=O)[O-])cc1. The van der Waals surface area contributed by atoms with Gasteiger partial charge in [0.15, 0.2) is 11.5 Å². The largest absolute Gasteiger partial charge is 0.493 e. The molecule has 0 unspecified atom stereocenters. The van der Waals surface area contributed by atoms with Crippen LogP contribution < -0.4 is 14.5 Å². The van der Waals surface area contributed by atoms with Gasteiger partial charge >= 0.3 is 0 Å². The lowest BCUT2D eigenvalue weighted by Gasteiger charge is -2.19. The van der Waals surface area contributed by atoms with Crippen LogP contribution in [0.5, 0.6) is 11.5 Å². The monoisotopic (exact) mass is 453 g/mol. The average molecular weight is 453 g/mol. The van der Waals surface area contributed by atoms with Crippen molar-refractivity contribution < 1.29 is 14.4 Å². The van der Waals surface area contributed by atoms with Gasteiger partial charge in [-0.05, 0) is 65.7 Å². The second-order valence-corrected chi connectivity index (χ2v) is 7.35. The first-order valence-electron chi connectivity index (χ1n) is 10.6. The van der Waals surface area contributed by atoms with E-state index in [9.17, 15) is 10.1 Å². The molecule has 0 amide bonds. The third kappa shape index (κ3) is 5.58. The minimum Gasteiger partial charge on any atom is -0.493 e. The van der Waals surface area contributed by atoms with E-state index in [0.29, 0.717) is 11.5 Å². The number of anilines is 2. The van der Waals surface area contributed by atoms with Crippen LogP contribution in [0.25, 0.3) is 0 Å². The van der Waals surface area contributed by atoms with Gasteiger partial charge in [0.2, 0.25) is 0 Å². The maximum absolute atomic E-state index is 10.8. The number of benzene rings is 4. The first-order valence-corrected chi connectivity index (χ1v) is 10.6. The van der Waals surface area contributed by atoms with Crippen molar-refractivity contribution in [2.24, 2.45) is 5.10 Å². The molecular weight excluding hydrogens is 430 g/mol. The van der Waals surface area contributed by atoms with Crippen LogP contribution in [0.1, 0.15) is 11.1 Å². The lowest BCUT2D eigenvalue weighted by atomic mass is 10.2. The van der Waals surface area contributed by atoms with E-state index in [0.717, 1.165) is 22.5 Å². The Morgan fingerprint density at radius 3 is 2.03 bits per heavy atom. The van der Waals surface area contributed by atoms with Crippen LogP contribution in [0.3, 0.4) is 0 Å². The van der Waals surface area contributed by atoms with Crippen LogP contribution >= 0.6 is 0 Å². The zero-order chi connectivity index (χ0) is 23.8. The summed E-state index contributed by atoms with van der Waals surface area (Å²) in [5, 5.41) is 17.4. The van der Waals surface area contributed by atoms with Crippen LogP contribution in [-0.4, -0.2) is 18.2 Å². The maximum Gasteiger partial charge on any atom is 0.269 e. The predicted octanol–water partition coefficient (Wildman–Crippen LogP) is 6.35.